The first kappa shape index (κ1) is 9.92. The van der Waals surface area contributed by atoms with Crippen molar-refractivity contribution in [2.45, 2.75) is 45.1 Å². The van der Waals surface area contributed by atoms with Gasteiger partial charge in [-0.05, 0) is 25.8 Å². The lowest BCUT2D eigenvalue weighted by molar-refractivity contribution is 0.542. The summed E-state index contributed by atoms with van der Waals surface area (Å²) in [6.07, 6.45) is 5.89. The molecule has 0 aromatic heterocycles. The second-order valence-corrected chi connectivity index (χ2v) is 2.81. The molecule has 0 aromatic carbocycles. The first-order valence-corrected chi connectivity index (χ1v) is 4.27. The van der Waals surface area contributed by atoms with Crippen LogP contribution >= 0.6 is 0 Å². The van der Waals surface area contributed by atoms with Crippen molar-refractivity contribution in [3.63, 3.8) is 0 Å². The maximum absolute atomic E-state index is 5.72. The second-order valence-electron chi connectivity index (χ2n) is 2.81. The van der Waals surface area contributed by atoms with Gasteiger partial charge in [0.1, 0.15) is 0 Å². The minimum absolute atomic E-state index is 0.415. The SMILES string of the molecule is CCC(N)CCCCCN. The molecule has 1 unspecified atom stereocenters. The number of hydrogen-bond donors (Lipinski definition) is 2. The van der Waals surface area contributed by atoms with Crippen LogP contribution in [-0.2, 0) is 0 Å². The zero-order chi connectivity index (χ0) is 7.82. The van der Waals surface area contributed by atoms with Gasteiger partial charge in [0, 0.05) is 6.04 Å². The Bertz CT molecular complexity index is 64.3. The Kier molecular flexibility index (Phi) is 6.98. The maximum Gasteiger partial charge on any atom is 0.00362 e. The lowest BCUT2D eigenvalue weighted by atomic mass is 10.1. The van der Waals surface area contributed by atoms with Crippen molar-refractivity contribution in [3.05, 3.63) is 0 Å². The Morgan fingerprint density at radius 3 is 2.40 bits per heavy atom. The monoisotopic (exact) mass is 144 g/mol. The molecule has 0 aliphatic rings. The lowest BCUT2D eigenvalue weighted by Crippen LogP contribution is -2.18. The van der Waals surface area contributed by atoms with Gasteiger partial charge in [-0.1, -0.05) is 19.8 Å². The number of rotatable bonds is 6. The van der Waals surface area contributed by atoms with E-state index in [0.29, 0.717) is 6.04 Å². The molecule has 0 aliphatic heterocycles. The van der Waals surface area contributed by atoms with E-state index in [1.807, 2.05) is 0 Å². The van der Waals surface area contributed by atoms with Crippen molar-refractivity contribution in [1.29, 1.82) is 0 Å². The van der Waals surface area contributed by atoms with Gasteiger partial charge in [0.25, 0.3) is 0 Å². The molecule has 0 aliphatic carbocycles. The van der Waals surface area contributed by atoms with Crippen molar-refractivity contribution in [2.75, 3.05) is 6.54 Å². The largest absolute Gasteiger partial charge is 0.330 e. The highest BCUT2D eigenvalue weighted by Crippen LogP contribution is 2.02. The van der Waals surface area contributed by atoms with Gasteiger partial charge in [0.05, 0.1) is 0 Å². The molecular formula is C8H20N2. The van der Waals surface area contributed by atoms with Crippen LogP contribution in [0.1, 0.15) is 39.0 Å². The van der Waals surface area contributed by atoms with Gasteiger partial charge in [0.15, 0.2) is 0 Å². The Balaban J connectivity index is 2.89. The highest BCUT2D eigenvalue weighted by molar-refractivity contribution is 4.57. The molecule has 0 amide bonds. The highest BCUT2D eigenvalue weighted by Gasteiger charge is 1.96. The normalized spacial score (nSPS) is 13.5. The minimum Gasteiger partial charge on any atom is -0.330 e. The third-order valence-corrected chi connectivity index (χ3v) is 1.80. The van der Waals surface area contributed by atoms with Crippen LogP contribution in [-0.4, -0.2) is 12.6 Å². The van der Waals surface area contributed by atoms with E-state index >= 15 is 0 Å². The van der Waals surface area contributed by atoms with Gasteiger partial charge in [-0.2, -0.15) is 0 Å². The van der Waals surface area contributed by atoms with Crippen molar-refractivity contribution < 1.29 is 0 Å². The van der Waals surface area contributed by atoms with E-state index in [0.717, 1.165) is 25.8 Å². The molecule has 0 spiro atoms. The molecule has 62 valence electrons. The zero-order valence-corrected chi connectivity index (χ0v) is 6.97. The predicted molar refractivity (Wildman–Crippen MR) is 45.8 cm³/mol. The standard InChI is InChI=1S/C8H20N2/c1-2-8(10)6-4-3-5-7-9/h8H,2-7,9-10H2,1H3. The van der Waals surface area contributed by atoms with Crippen LogP contribution in [0.4, 0.5) is 0 Å². The smallest absolute Gasteiger partial charge is 0.00362 e. The summed E-state index contributed by atoms with van der Waals surface area (Å²) in [5.74, 6) is 0. The van der Waals surface area contributed by atoms with Crippen LogP contribution in [0.15, 0.2) is 0 Å². The Labute approximate surface area is 64.0 Å². The number of unbranched alkanes of at least 4 members (excludes halogenated alkanes) is 2. The molecule has 1 atom stereocenters. The molecule has 2 nitrogen and oxygen atoms in total. The van der Waals surface area contributed by atoms with Crippen LogP contribution in [0, 0.1) is 0 Å². The van der Waals surface area contributed by atoms with Gasteiger partial charge in [0.2, 0.25) is 0 Å². The summed E-state index contributed by atoms with van der Waals surface area (Å²) in [6.45, 7) is 2.95. The molecule has 0 saturated carbocycles. The van der Waals surface area contributed by atoms with E-state index < -0.39 is 0 Å². The van der Waals surface area contributed by atoms with Gasteiger partial charge in [-0.3, -0.25) is 0 Å². The summed E-state index contributed by atoms with van der Waals surface area (Å²) in [5.41, 5.74) is 11.1. The lowest BCUT2D eigenvalue weighted by Gasteiger charge is -2.06. The number of hydrogen-bond acceptors (Lipinski definition) is 2. The molecule has 0 rings (SSSR count). The van der Waals surface area contributed by atoms with Gasteiger partial charge < -0.3 is 11.5 Å². The fourth-order valence-electron chi connectivity index (χ4n) is 0.932. The summed E-state index contributed by atoms with van der Waals surface area (Å²) in [5, 5.41) is 0. The van der Waals surface area contributed by atoms with E-state index in [9.17, 15) is 0 Å². The van der Waals surface area contributed by atoms with E-state index in [4.69, 9.17) is 11.5 Å². The summed E-state index contributed by atoms with van der Waals surface area (Å²) < 4.78 is 0. The molecule has 0 saturated heterocycles. The summed E-state index contributed by atoms with van der Waals surface area (Å²) in [6, 6.07) is 0.415. The summed E-state index contributed by atoms with van der Waals surface area (Å²) >= 11 is 0. The topological polar surface area (TPSA) is 52.0 Å². The van der Waals surface area contributed by atoms with E-state index in [-0.39, 0.29) is 0 Å². The molecule has 4 N–H and O–H groups in total. The van der Waals surface area contributed by atoms with Gasteiger partial charge in [-0.15, -0.1) is 0 Å². The minimum atomic E-state index is 0.415. The number of nitrogens with two attached hydrogens (primary N) is 2. The Hall–Kier alpha value is -0.0800. The first-order valence-electron chi connectivity index (χ1n) is 4.27. The van der Waals surface area contributed by atoms with E-state index in [1.54, 1.807) is 0 Å². The summed E-state index contributed by atoms with van der Waals surface area (Å²) in [4.78, 5) is 0. The zero-order valence-electron chi connectivity index (χ0n) is 6.97. The average molecular weight is 144 g/mol. The van der Waals surface area contributed by atoms with Crippen LogP contribution < -0.4 is 11.5 Å². The highest BCUT2D eigenvalue weighted by atomic mass is 14.6. The van der Waals surface area contributed by atoms with Crippen LogP contribution in [0.5, 0.6) is 0 Å². The summed E-state index contributed by atoms with van der Waals surface area (Å²) in [7, 11) is 0. The molecule has 0 heterocycles. The van der Waals surface area contributed by atoms with Crippen molar-refractivity contribution in [3.8, 4) is 0 Å². The van der Waals surface area contributed by atoms with Crippen LogP contribution in [0.2, 0.25) is 0 Å². The van der Waals surface area contributed by atoms with Gasteiger partial charge in [-0.25, -0.2) is 0 Å². The van der Waals surface area contributed by atoms with Crippen LogP contribution in [0.3, 0.4) is 0 Å². The van der Waals surface area contributed by atoms with Crippen molar-refractivity contribution in [1.82, 2.24) is 0 Å². The third-order valence-electron chi connectivity index (χ3n) is 1.80. The van der Waals surface area contributed by atoms with E-state index in [2.05, 4.69) is 6.92 Å². The average Bonchev–Trinajstić information content (AvgIpc) is 1.98. The molecule has 0 aromatic rings. The van der Waals surface area contributed by atoms with Crippen molar-refractivity contribution in [2.24, 2.45) is 11.5 Å². The van der Waals surface area contributed by atoms with E-state index in [1.165, 1.54) is 12.8 Å². The Morgan fingerprint density at radius 1 is 1.20 bits per heavy atom. The maximum atomic E-state index is 5.72. The molecular weight excluding hydrogens is 124 g/mol. The van der Waals surface area contributed by atoms with Crippen LogP contribution in [0.25, 0.3) is 0 Å². The van der Waals surface area contributed by atoms with Gasteiger partial charge >= 0.3 is 0 Å². The molecule has 0 bridgehead atoms. The second kappa shape index (κ2) is 7.03. The quantitative estimate of drug-likeness (QED) is 0.551. The third kappa shape index (κ3) is 6.05. The molecule has 0 radical (unpaired) electrons. The Morgan fingerprint density at radius 2 is 1.90 bits per heavy atom. The molecule has 2 heteroatoms. The fourth-order valence-corrected chi connectivity index (χ4v) is 0.932. The first-order chi connectivity index (χ1) is 4.81. The fraction of sp³-hybridized carbons (Fsp3) is 1.00. The molecule has 0 fully saturated rings. The predicted octanol–water partition coefficient (Wildman–Crippen LogP) is 1.24. The molecule has 10 heavy (non-hydrogen) atoms. The van der Waals surface area contributed by atoms with Crippen molar-refractivity contribution >= 4 is 0 Å².